The molecular formula is C23H31N3O3S. The zero-order valence-corrected chi connectivity index (χ0v) is 18.8. The lowest BCUT2D eigenvalue weighted by atomic mass is 10.1. The van der Waals surface area contributed by atoms with Gasteiger partial charge in [-0.15, -0.1) is 0 Å². The topological polar surface area (TPSA) is 69.7 Å². The normalized spacial score (nSPS) is 14.0. The minimum absolute atomic E-state index is 0.113. The van der Waals surface area contributed by atoms with Crippen LogP contribution in [0.3, 0.4) is 0 Å². The maximum absolute atomic E-state index is 12.4. The van der Waals surface area contributed by atoms with E-state index in [-0.39, 0.29) is 18.9 Å². The Bertz CT molecular complexity index is 981. The van der Waals surface area contributed by atoms with E-state index in [1.807, 2.05) is 56.3 Å². The van der Waals surface area contributed by atoms with Crippen LogP contribution in [-0.2, 0) is 14.8 Å². The van der Waals surface area contributed by atoms with Gasteiger partial charge in [-0.3, -0.25) is 9.10 Å². The van der Waals surface area contributed by atoms with Gasteiger partial charge in [0.25, 0.3) is 0 Å². The zero-order chi connectivity index (χ0) is 21.7. The molecule has 1 heterocycles. The number of aryl methyl sites for hydroxylation is 1. The number of nitrogens with zero attached hydrogens (tertiary/aromatic N) is 2. The Balaban J connectivity index is 1.56. The summed E-state index contributed by atoms with van der Waals surface area (Å²) in [5, 5.41) is 2.91. The van der Waals surface area contributed by atoms with Crippen LogP contribution in [0.5, 0.6) is 0 Å². The van der Waals surface area contributed by atoms with Crippen molar-refractivity contribution in [2.75, 3.05) is 40.4 Å². The van der Waals surface area contributed by atoms with Crippen LogP contribution in [0.4, 0.5) is 17.1 Å². The average molecular weight is 430 g/mol. The lowest BCUT2D eigenvalue weighted by molar-refractivity contribution is -0.116. The van der Waals surface area contributed by atoms with Crippen molar-refractivity contribution < 1.29 is 13.2 Å². The molecule has 0 aliphatic carbocycles. The zero-order valence-electron chi connectivity index (χ0n) is 18.0. The predicted molar refractivity (Wildman–Crippen MR) is 124 cm³/mol. The number of amides is 1. The molecule has 0 atom stereocenters. The third-order valence-electron chi connectivity index (χ3n) is 5.63. The van der Waals surface area contributed by atoms with Gasteiger partial charge in [-0.25, -0.2) is 8.42 Å². The first-order valence-electron chi connectivity index (χ1n) is 10.4. The summed E-state index contributed by atoms with van der Waals surface area (Å²) in [6.07, 6.45) is 4.36. The Morgan fingerprint density at radius 2 is 1.73 bits per heavy atom. The van der Waals surface area contributed by atoms with Gasteiger partial charge in [-0.1, -0.05) is 12.1 Å². The lowest BCUT2D eigenvalue weighted by Gasteiger charge is -2.25. The van der Waals surface area contributed by atoms with Crippen LogP contribution >= 0.6 is 0 Å². The summed E-state index contributed by atoms with van der Waals surface area (Å²) in [5.41, 5.74) is 4.59. The van der Waals surface area contributed by atoms with Crippen molar-refractivity contribution in [3.63, 3.8) is 0 Å². The predicted octanol–water partition coefficient (Wildman–Crippen LogP) is 4.09. The van der Waals surface area contributed by atoms with E-state index in [9.17, 15) is 13.2 Å². The SMILES string of the molecule is Cc1cccc(N(CCCC(=O)Nc2ccc(N3CCCC3)cc2)S(C)(=O)=O)c1C. The summed E-state index contributed by atoms with van der Waals surface area (Å²) in [6, 6.07) is 13.5. The number of hydrogen-bond acceptors (Lipinski definition) is 4. The van der Waals surface area contributed by atoms with Gasteiger partial charge in [-0.2, -0.15) is 0 Å². The third-order valence-corrected chi connectivity index (χ3v) is 6.81. The highest BCUT2D eigenvalue weighted by atomic mass is 32.2. The van der Waals surface area contributed by atoms with Crippen LogP contribution in [0.15, 0.2) is 42.5 Å². The Morgan fingerprint density at radius 1 is 1.07 bits per heavy atom. The van der Waals surface area contributed by atoms with Crippen LogP contribution in [0.25, 0.3) is 0 Å². The fourth-order valence-corrected chi connectivity index (χ4v) is 4.82. The van der Waals surface area contributed by atoms with Crippen molar-refractivity contribution in [2.45, 2.75) is 39.5 Å². The van der Waals surface area contributed by atoms with Crippen molar-refractivity contribution in [3.05, 3.63) is 53.6 Å². The third kappa shape index (κ3) is 5.53. The minimum Gasteiger partial charge on any atom is -0.372 e. The second-order valence-corrected chi connectivity index (χ2v) is 9.85. The summed E-state index contributed by atoms with van der Waals surface area (Å²) in [7, 11) is -3.43. The van der Waals surface area contributed by atoms with E-state index < -0.39 is 10.0 Å². The Labute approximate surface area is 179 Å². The maximum atomic E-state index is 12.4. The molecule has 30 heavy (non-hydrogen) atoms. The molecule has 7 heteroatoms. The monoisotopic (exact) mass is 429 g/mol. The molecule has 1 aliphatic rings. The summed E-state index contributed by atoms with van der Waals surface area (Å²) < 4.78 is 26.0. The Morgan fingerprint density at radius 3 is 2.37 bits per heavy atom. The number of anilines is 3. The molecule has 2 aromatic carbocycles. The molecule has 1 fully saturated rings. The standard InChI is InChI=1S/C23H31N3O3S/c1-18-8-6-9-22(19(18)2)26(30(3,28)29)17-7-10-23(27)24-20-11-13-21(14-12-20)25-15-4-5-16-25/h6,8-9,11-14H,4-5,7,10,15-17H2,1-3H3,(H,24,27). The largest absolute Gasteiger partial charge is 0.372 e. The van der Waals surface area contributed by atoms with Gasteiger partial charge >= 0.3 is 0 Å². The number of nitrogens with one attached hydrogen (secondary N) is 1. The molecule has 1 amide bonds. The van der Waals surface area contributed by atoms with E-state index in [4.69, 9.17) is 0 Å². The second-order valence-electron chi connectivity index (χ2n) is 7.95. The molecule has 2 aromatic rings. The summed E-state index contributed by atoms with van der Waals surface area (Å²) in [5.74, 6) is -0.113. The van der Waals surface area contributed by atoms with Gasteiger partial charge in [0.05, 0.1) is 11.9 Å². The van der Waals surface area contributed by atoms with E-state index in [0.29, 0.717) is 12.1 Å². The molecule has 0 spiro atoms. The van der Waals surface area contributed by atoms with Crippen molar-refractivity contribution in [1.29, 1.82) is 0 Å². The van der Waals surface area contributed by atoms with E-state index in [1.54, 1.807) is 0 Å². The number of hydrogen-bond donors (Lipinski definition) is 1. The van der Waals surface area contributed by atoms with Gasteiger partial charge in [0.15, 0.2) is 0 Å². The molecule has 1 aliphatic heterocycles. The minimum atomic E-state index is -3.43. The van der Waals surface area contributed by atoms with E-state index in [2.05, 4.69) is 10.2 Å². The number of benzene rings is 2. The smallest absolute Gasteiger partial charge is 0.232 e. The van der Waals surface area contributed by atoms with Crippen LogP contribution in [0.2, 0.25) is 0 Å². The number of carbonyl (C=O) groups is 1. The number of carbonyl (C=O) groups excluding carboxylic acids is 1. The molecule has 0 radical (unpaired) electrons. The molecule has 3 rings (SSSR count). The molecule has 6 nitrogen and oxygen atoms in total. The Kier molecular flexibility index (Phi) is 7.02. The summed E-state index contributed by atoms with van der Waals surface area (Å²) >= 11 is 0. The molecule has 162 valence electrons. The van der Waals surface area contributed by atoms with Crippen LogP contribution < -0.4 is 14.5 Å². The van der Waals surface area contributed by atoms with Gasteiger partial charge in [0, 0.05) is 37.4 Å². The first kappa shape index (κ1) is 22.2. The quantitative estimate of drug-likeness (QED) is 0.686. The van der Waals surface area contributed by atoms with Gasteiger partial charge in [0.2, 0.25) is 15.9 Å². The fraction of sp³-hybridized carbons (Fsp3) is 0.435. The molecule has 0 saturated carbocycles. The lowest BCUT2D eigenvalue weighted by Crippen LogP contribution is -2.32. The molecule has 0 unspecified atom stereocenters. The average Bonchev–Trinajstić information content (AvgIpc) is 3.22. The second kappa shape index (κ2) is 9.51. The van der Waals surface area contributed by atoms with Crippen molar-refractivity contribution in [1.82, 2.24) is 0 Å². The highest BCUT2D eigenvalue weighted by Crippen LogP contribution is 2.26. The molecule has 0 aromatic heterocycles. The van der Waals surface area contributed by atoms with Crippen molar-refractivity contribution in [2.24, 2.45) is 0 Å². The molecule has 1 saturated heterocycles. The van der Waals surface area contributed by atoms with E-state index in [0.717, 1.165) is 29.9 Å². The number of rotatable bonds is 8. The van der Waals surface area contributed by atoms with E-state index >= 15 is 0 Å². The van der Waals surface area contributed by atoms with Crippen LogP contribution in [0, 0.1) is 13.8 Å². The van der Waals surface area contributed by atoms with Gasteiger partial charge in [-0.05, 0) is 74.6 Å². The summed E-state index contributed by atoms with van der Waals surface area (Å²) in [6.45, 7) is 6.32. The fourth-order valence-electron chi connectivity index (χ4n) is 3.81. The molecule has 1 N–H and O–H groups in total. The van der Waals surface area contributed by atoms with Crippen LogP contribution in [-0.4, -0.2) is 40.2 Å². The first-order chi connectivity index (χ1) is 14.3. The van der Waals surface area contributed by atoms with Crippen molar-refractivity contribution >= 4 is 33.0 Å². The number of sulfonamides is 1. The highest BCUT2D eigenvalue weighted by Gasteiger charge is 2.20. The van der Waals surface area contributed by atoms with E-state index in [1.165, 1.54) is 29.1 Å². The highest BCUT2D eigenvalue weighted by molar-refractivity contribution is 7.92. The molecule has 0 bridgehead atoms. The maximum Gasteiger partial charge on any atom is 0.232 e. The van der Waals surface area contributed by atoms with Crippen LogP contribution in [0.1, 0.15) is 36.8 Å². The van der Waals surface area contributed by atoms with Gasteiger partial charge < -0.3 is 10.2 Å². The van der Waals surface area contributed by atoms with Gasteiger partial charge in [0.1, 0.15) is 0 Å². The van der Waals surface area contributed by atoms with Crippen molar-refractivity contribution in [3.8, 4) is 0 Å². The first-order valence-corrected chi connectivity index (χ1v) is 12.3. The Hall–Kier alpha value is -2.54. The molecular weight excluding hydrogens is 398 g/mol. The summed E-state index contributed by atoms with van der Waals surface area (Å²) in [4.78, 5) is 14.7.